The summed E-state index contributed by atoms with van der Waals surface area (Å²) < 4.78 is 2.45. The van der Waals surface area contributed by atoms with Gasteiger partial charge in [0.25, 0.3) is 0 Å². The van der Waals surface area contributed by atoms with Crippen LogP contribution < -0.4 is 4.90 Å². The summed E-state index contributed by atoms with van der Waals surface area (Å²) in [5, 5.41) is 4.95. The lowest BCUT2D eigenvalue weighted by atomic mass is 9.90. The molecular weight excluding hydrogens is 725 g/mol. The average Bonchev–Trinajstić information content (AvgIpc) is 3.68. The van der Waals surface area contributed by atoms with Gasteiger partial charge in [-0.05, 0) is 99.8 Å². The second kappa shape index (κ2) is 15.2. The number of aromatic nitrogens is 1. The van der Waals surface area contributed by atoms with Crippen molar-refractivity contribution in [2.45, 2.75) is 12.3 Å². The van der Waals surface area contributed by atoms with Gasteiger partial charge in [0.1, 0.15) is 0 Å². The summed E-state index contributed by atoms with van der Waals surface area (Å²) in [6.07, 6.45) is 9.91. The highest BCUT2D eigenvalue weighted by molar-refractivity contribution is 6.24. The van der Waals surface area contributed by atoms with E-state index in [2.05, 4.69) is 246 Å². The maximum atomic E-state index is 2.45. The summed E-state index contributed by atoms with van der Waals surface area (Å²) in [5.41, 5.74) is 15.4. The van der Waals surface area contributed by atoms with E-state index in [9.17, 15) is 0 Å². The van der Waals surface area contributed by atoms with Gasteiger partial charge in [0.05, 0.1) is 16.7 Å². The lowest BCUT2D eigenvalue weighted by Gasteiger charge is -2.28. The Balaban J connectivity index is 1.10. The molecule has 0 amide bonds. The molecule has 1 heterocycles. The van der Waals surface area contributed by atoms with Crippen LogP contribution >= 0.6 is 0 Å². The van der Waals surface area contributed by atoms with Gasteiger partial charge in [-0.3, -0.25) is 0 Å². The number of benzene rings is 9. The zero-order valence-electron chi connectivity index (χ0n) is 33.2. The SMILES string of the molecule is C1=CCC(c2cccc(-c3ccc(N(c4cccc(-c5cc6ccccc6c6c5c5ccccc5n6-c5ccccc5)c4)c4ccccc4-c4ccccc4)cc3)c2)C=C1. The predicted octanol–water partition coefficient (Wildman–Crippen LogP) is 16.0. The van der Waals surface area contributed by atoms with E-state index in [0.29, 0.717) is 5.92 Å². The first kappa shape index (κ1) is 35.5. The molecule has 60 heavy (non-hydrogen) atoms. The molecule has 11 rings (SSSR count). The lowest BCUT2D eigenvalue weighted by Crippen LogP contribution is -2.11. The van der Waals surface area contributed by atoms with Crippen LogP contribution in [0.1, 0.15) is 17.9 Å². The number of hydrogen-bond donors (Lipinski definition) is 0. The molecule has 0 saturated heterocycles. The molecule has 2 nitrogen and oxygen atoms in total. The maximum absolute atomic E-state index is 2.45. The van der Waals surface area contributed by atoms with E-state index < -0.39 is 0 Å². The topological polar surface area (TPSA) is 8.17 Å². The predicted molar refractivity (Wildman–Crippen MR) is 255 cm³/mol. The van der Waals surface area contributed by atoms with Crippen LogP contribution in [-0.2, 0) is 0 Å². The van der Waals surface area contributed by atoms with E-state index in [-0.39, 0.29) is 0 Å². The van der Waals surface area contributed by atoms with Crippen molar-refractivity contribution in [2.75, 3.05) is 4.90 Å². The van der Waals surface area contributed by atoms with Crippen molar-refractivity contribution in [3.8, 4) is 39.1 Å². The molecule has 10 aromatic rings. The molecule has 1 atom stereocenters. The number of allylic oxidation sites excluding steroid dienone is 4. The second-order valence-corrected chi connectivity index (χ2v) is 15.7. The first-order valence-electron chi connectivity index (χ1n) is 20.9. The smallest absolute Gasteiger partial charge is 0.0625 e. The molecule has 1 unspecified atom stereocenters. The molecule has 2 heteroatoms. The van der Waals surface area contributed by atoms with E-state index in [1.54, 1.807) is 0 Å². The Labute approximate surface area is 351 Å². The Morgan fingerprint density at radius 3 is 1.98 bits per heavy atom. The lowest BCUT2D eigenvalue weighted by molar-refractivity contribution is 0.854. The first-order valence-corrected chi connectivity index (χ1v) is 20.9. The Morgan fingerprint density at radius 2 is 1.15 bits per heavy atom. The normalized spacial score (nSPS) is 13.6. The third-order valence-electron chi connectivity index (χ3n) is 12.1. The zero-order valence-corrected chi connectivity index (χ0v) is 33.2. The minimum absolute atomic E-state index is 0.408. The number of nitrogens with zero attached hydrogens (tertiary/aromatic N) is 2. The number of para-hydroxylation sites is 3. The van der Waals surface area contributed by atoms with Crippen molar-refractivity contribution in [1.82, 2.24) is 4.57 Å². The van der Waals surface area contributed by atoms with Crippen LogP contribution in [0.4, 0.5) is 17.1 Å². The molecule has 0 saturated carbocycles. The van der Waals surface area contributed by atoms with Crippen molar-refractivity contribution in [2.24, 2.45) is 0 Å². The Hall–Kier alpha value is -7.68. The first-order chi connectivity index (χ1) is 29.8. The summed E-state index contributed by atoms with van der Waals surface area (Å²) in [5.74, 6) is 0.408. The molecule has 0 bridgehead atoms. The molecule has 0 radical (unpaired) electrons. The van der Waals surface area contributed by atoms with Crippen molar-refractivity contribution in [3.05, 3.63) is 242 Å². The molecule has 0 spiro atoms. The fraction of sp³-hybridized carbons (Fsp3) is 0.0345. The minimum Gasteiger partial charge on any atom is -0.310 e. The van der Waals surface area contributed by atoms with Crippen LogP contribution in [0.15, 0.2) is 237 Å². The van der Waals surface area contributed by atoms with Crippen molar-refractivity contribution < 1.29 is 0 Å². The van der Waals surface area contributed by atoms with Gasteiger partial charge in [-0.25, -0.2) is 0 Å². The van der Waals surface area contributed by atoms with E-state index in [4.69, 9.17) is 0 Å². The van der Waals surface area contributed by atoms with Gasteiger partial charge in [0.15, 0.2) is 0 Å². The Bertz CT molecular complexity index is 3220. The summed E-state index contributed by atoms with van der Waals surface area (Å²) in [6, 6.07) is 77.6. The van der Waals surface area contributed by atoms with Gasteiger partial charge < -0.3 is 9.47 Å². The standard InChI is InChI=1S/C58H42N2/c1-4-18-41(19-5-1)44-23-16-24-45(38-44)42-34-36-49(37-35-42)59(55-32-14-12-29-51(55)43-20-6-2-7-21-43)50-28-17-25-46(39-50)54-40-47-22-10-11-30-52(47)58-57(54)53-31-13-15-33-56(53)60(58)48-26-8-3-9-27-48/h1-18,20-41H,19H2. The third-order valence-corrected chi connectivity index (χ3v) is 12.1. The molecular formula is C58H42N2. The zero-order chi connectivity index (χ0) is 39.8. The largest absolute Gasteiger partial charge is 0.310 e. The van der Waals surface area contributed by atoms with Gasteiger partial charge in [-0.2, -0.15) is 0 Å². The van der Waals surface area contributed by atoms with Crippen LogP contribution in [0.5, 0.6) is 0 Å². The maximum Gasteiger partial charge on any atom is 0.0625 e. The minimum atomic E-state index is 0.408. The van der Waals surface area contributed by atoms with E-state index >= 15 is 0 Å². The van der Waals surface area contributed by atoms with Gasteiger partial charge in [-0.15, -0.1) is 0 Å². The highest BCUT2D eigenvalue weighted by Crippen LogP contribution is 2.46. The molecule has 9 aromatic carbocycles. The monoisotopic (exact) mass is 766 g/mol. The van der Waals surface area contributed by atoms with Crippen molar-refractivity contribution in [1.29, 1.82) is 0 Å². The van der Waals surface area contributed by atoms with Crippen molar-refractivity contribution in [3.63, 3.8) is 0 Å². The molecule has 284 valence electrons. The van der Waals surface area contributed by atoms with Crippen LogP contribution in [0.2, 0.25) is 0 Å². The molecule has 1 aliphatic carbocycles. The van der Waals surface area contributed by atoms with Crippen LogP contribution in [-0.4, -0.2) is 4.57 Å². The van der Waals surface area contributed by atoms with Gasteiger partial charge >= 0.3 is 0 Å². The third kappa shape index (κ3) is 6.31. The Kier molecular flexibility index (Phi) is 9.02. The number of hydrogen-bond acceptors (Lipinski definition) is 1. The van der Waals surface area contributed by atoms with Gasteiger partial charge in [0.2, 0.25) is 0 Å². The summed E-state index contributed by atoms with van der Waals surface area (Å²) in [7, 11) is 0. The summed E-state index contributed by atoms with van der Waals surface area (Å²) in [6.45, 7) is 0. The molecule has 1 aliphatic rings. The van der Waals surface area contributed by atoms with Crippen LogP contribution in [0, 0.1) is 0 Å². The molecule has 0 N–H and O–H groups in total. The van der Waals surface area contributed by atoms with E-state index in [1.807, 2.05) is 0 Å². The summed E-state index contributed by atoms with van der Waals surface area (Å²) >= 11 is 0. The molecule has 1 aromatic heterocycles. The Morgan fingerprint density at radius 1 is 0.450 bits per heavy atom. The highest BCUT2D eigenvalue weighted by atomic mass is 15.1. The highest BCUT2D eigenvalue weighted by Gasteiger charge is 2.22. The van der Waals surface area contributed by atoms with Crippen molar-refractivity contribution >= 4 is 49.6 Å². The van der Waals surface area contributed by atoms with E-state index in [0.717, 1.165) is 29.2 Å². The van der Waals surface area contributed by atoms with Crippen LogP contribution in [0.3, 0.4) is 0 Å². The second-order valence-electron chi connectivity index (χ2n) is 15.7. The van der Waals surface area contributed by atoms with Gasteiger partial charge in [-0.1, -0.05) is 182 Å². The fourth-order valence-electron chi connectivity index (χ4n) is 9.26. The summed E-state index contributed by atoms with van der Waals surface area (Å²) in [4.78, 5) is 2.43. The molecule has 0 aliphatic heterocycles. The fourth-order valence-corrected chi connectivity index (χ4v) is 9.26. The number of rotatable bonds is 8. The van der Waals surface area contributed by atoms with E-state index in [1.165, 1.54) is 71.5 Å². The quantitative estimate of drug-likeness (QED) is 0.150. The van der Waals surface area contributed by atoms with Gasteiger partial charge in [0, 0.05) is 44.7 Å². The number of anilines is 3. The van der Waals surface area contributed by atoms with Crippen LogP contribution in [0.25, 0.3) is 71.6 Å². The average molecular weight is 767 g/mol. The number of fused-ring (bicyclic) bond motifs is 5. The molecule has 0 fully saturated rings.